The zero-order chi connectivity index (χ0) is 12.3. The first kappa shape index (κ1) is 14.2. The topological polar surface area (TPSA) is 50.1 Å². The Bertz CT molecular complexity index is 286. The van der Waals surface area contributed by atoms with E-state index in [1.54, 1.807) is 0 Å². The van der Waals surface area contributed by atoms with Crippen LogP contribution in [0.5, 0.6) is 0 Å². The van der Waals surface area contributed by atoms with Crippen molar-refractivity contribution in [2.45, 2.75) is 52.1 Å². The van der Waals surface area contributed by atoms with Crippen LogP contribution in [0.2, 0.25) is 0 Å². The van der Waals surface area contributed by atoms with Gasteiger partial charge >= 0.3 is 0 Å². The fourth-order valence-corrected chi connectivity index (χ4v) is 1.84. The normalized spacial score (nSPS) is 10.9. The standard InChI is InChI=1S/C13H25N3O/c1-2-7-14-12-13-15-8-10-16(13)9-5-3-4-6-11-17/h8,10,14,17H,2-7,9,11-12H2,1H3. The van der Waals surface area contributed by atoms with E-state index in [0.717, 1.165) is 51.1 Å². The molecule has 0 aromatic carbocycles. The minimum atomic E-state index is 0.317. The molecule has 1 aromatic heterocycles. The van der Waals surface area contributed by atoms with Gasteiger partial charge in [-0.2, -0.15) is 0 Å². The summed E-state index contributed by atoms with van der Waals surface area (Å²) in [6, 6.07) is 0. The third-order valence-corrected chi connectivity index (χ3v) is 2.82. The van der Waals surface area contributed by atoms with E-state index in [4.69, 9.17) is 5.11 Å². The Labute approximate surface area is 104 Å². The zero-order valence-corrected chi connectivity index (χ0v) is 10.9. The molecular weight excluding hydrogens is 214 g/mol. The van der Waals surface area contributed by atoms with Crippen molar-refractivity contribution in [1.82, 2.24) is 14.9 Å². The Hall–Kier alpha value is -0.870. The average Bonchev–Trinajstić information content (AvgIpc) is 2.77. The van der Waals surface area contributed by atoms with Gasteiger partial charge in [-0.25, -0.2) is 4.98 Å². The monoisotopic (exact) mass is 239 g/mol. The van der Waals surface area contributed by atoms with Gasteiger partial charge in [-0.3, -0.25) is 0 Å². The smallest absolute Gasteiger partial charge is 0.122 e. The average molecular weight is 239 g/mol. The third-order valence-electron chi connectivity index (χ3n) is 2.82. The van der Waals surface area contributed by atoms with Crippen molar-refractivity contribution in [3.8, 4) is 0 Å². The van der Waals surface area contributed by atoms with Crippen molar-refractivity contribution in [2.24, 2.45) is 0 Å². The van der Waals surface area contributed by atoms with Gasteiger partial charge in [-0.1, -0.05) is 19.8 Å². The molecule has 4 heteroatoms. The van der Waals surface area contributed by atoms with Gasteiger partial charge < -0.3 is 15.0 Å². The Morgan fingerprint density at radius 1 is 1.29 bits per heavy atom. The Morgan fingerprint density at radius 2 is 2.12 bits per heavy atom. The molecule has 0 spiro atoms. The van der Waals surface area contributed by atoms with Gasteiger partial charge in [0, 0.05) is 25.5 Å². The fraction of sp³-hybridized carbons (Fsp3) is 0.769. The molecule has 2 N–H and O–H groups in total. The highest BCUT2D eigenvalue weighted by atomic mass is 16.2. The summed E-state index contributed by atoms with van der Waals surface area (Å²) in [4.78, 5) is 4.36. The van der Waals surface area contributed by atoms with Crippen LogP contribution in [0.4, 0.5) is 0 Å². The van der Waals surface area contributed by atoms with Crippen molar-refractivity contribution in [3.05, 3.63) is 18.2 Å². The second kappa shape index (κ2) is 9.19. The summed E-state index contributed by atoms with van der Waals surface area (Å²) >= 11 is 0. The van der Waals surface area contributed by atoms with E-state index in [2.05, 4.69) is 28.0 Å². The van der Waals surface area contributed by atoms with E-state index in [9.17, 15) is 0 Å². The molecule has 0 saturated carbocycles. The lowest BCUT2D eigenvalue weighted by molar-refractivity contribution is 0.282. The molecule has 0 saturated heterocycles. The molecule has 1 aromatic rings. The Morgan fingerprint density at radius 3 is 2.88 bits per heavy atom. The van der Waals surface area contributed by atoms with Crippen LogP contribution in [-0.4, -0.2) is 27.8 Å². The molecule has 0 fully saturated rings. The van der Waals surface area contributed by atoms with E-state index >= 15 is 0 Å². The van der Waals surface area contributed by atoms with Crippen molar-refractivity contribution < 1.29 is 5.11 Å². The van der Waals surface area contributed by atoms with Gasteiger partial charge in [-0.05, 0) is 25.8 Å². The summed E-state index contributed by atoms with van der Waals surface area (Å²) in [6.07, 6.45) is 9.47. The predicted octanol–water partition coefficient (Wildman–Crippen LogP) is 1.94. The first-order valence-electron chi connectivity index (χ1n) is 6.70. The van der Waals surface area contributed by atoms with E-state index < -0.39 is 0 Å². The van der Waals surface area contributed by atoms with E-state index in [-0.39, 0.29) is 0 Å². The van der Waals surface area contributed by atoms with Gasteiger partial charge in [0.05, 0.1) is 6.54 Å². The lowest BCUT2D eigenvalue weighted by Gasteiger charge is -2.08. The molecule has 4 nitrogen and oxygen atoms in total. The predicted molar refractivity (Wildman–Crippen MR) is 69.8 cm³/mol. The fourth-order valence-electron chi connectivity index (χ4n) is 1.84. The summed E-state index contributed by atoms with van der Waals surface area (Å²) in [7, 11) is 0. The molecule has 0 atom stereocenters. The molecule has 0 amide bonds. The Kier molecular flexibility index (Phi) is 7.67. The zero-order valence-electron chi connectivity index (χ0n) is 10.9. The molecule has 0 aliphatic rings. The van der Waals surface area contributed by atoms with Crippen molar-refractivity contribution in [3.63, 3.8) is 0 Å². The number of aryl methyl sites for hydroxylation is 1. The van der Waals surface area contributed by atoms with Crippen LogP contribution in [0.3, 0.4) is 0 Å². The van der Waals surface area contributed by atoms with Crippen LogP contribution in [0, 0.1) is 0 Å². The molecule has 0 bridgehead atoms. The summed E-state index contributed by atoms with van der Waals surface area (Å²) in [5, 5.41) is 12.1. The maximum Gasteiger partial charge on any atom is 0.122 e. The highest BCUT2D eigenvalue weighted by Gasteiger charge is 2.01. The van der Waals surface area contributed by atoms with Crippen molar-refractivity contribution in [2.75, 3.05) is 13.2 Å². The van der Waals surface area contributed by atoms with Gasteiger partial charge in [0.15, 0.2) is 0 Å². The first-order chi connectivity index (χ1) is 8.38. The van der Waals surface area contributed by atoms with E-state index in [1.807, 2.05) is 6.20 Å². The number of nitrogens with one attached hydrogen (secondary N) is 1. The van der Waals surface area contributed by atoms with Crippen LogP contribution in [0.1, 0.15) is 44.9 Å². The molecular formula is C13H25N3O. The molecule has 98 valence electrons. The van der Waals surface area contributed by atoms with Gasteiger partial charge in [0.2, 0.25) is 0 Å². The summed E-state index contributed by atoms with van der Waals surface area (Å²) in [5.41, 5.74) is 0. The molecule has 0 unspecified atom stereocenters. The summed E-state index contributed by atoms with van der Waals surface area (Å²) in [5.74, 6) is 1.13. The minimum absolute atomic E-state index is 0.317. The highest BCUT2D eigenvalue weighted by molar-refractivity contribution is 4.91. The lowest BCUT2D eigenvalue weighted by atomic mass is 10.2. The SMILES string of the molecule is CCCNCc1nccn1CCCCCCO. The lowest BCUT2D eigenvalue weighted by Crippen LogP contribution is -2.17. The molecule has 0 radical (unpaired) electrons. The number of rotatable bonds is 10. The van der Waals surface area contributed by atoms with Crippen LogP contribution < -0.4 is 5.32 Å². The number of nitrogens with zero attached hydrogens (tertiary/aromatic N) is 2. The molecule has 1 heterocycles. The molecule has 0 aliphatic carbocycles. The second-order valence-electron chi connectivity index (χ2n) is 4.35. The highest BCUT2D eigenvalue weighted by Crippen LogP contribution is 2.04. The van der Waals surface area contributed by atoms with E-state index in [1.165, 1.54) is 6.42 Å². The minimum Gasteiger partial charge on any atom is -0.396 e. The van der Waals surface area contributed by atoms with Crippen LogP contribution in [0.25, 0.3) is 0 Å². The quantitative estimate of drug-likeness (QED) is 0.613. The van der Waals surface area contributed by atoms with Gasteiger partial charge in [-0.15, -0.1) is 0 Å². The van der Waals surface area contributed by atoms with Crippen LogP contribution in [0.15, 0.2) is 12.4 Å². The molecule has 0 aliphatic heterocycles. The number of aliphatic hydroxyl groups is 1. The van der Waals surface area contributed by atoms with Crippen LogP contribution >= 0.6 is 0 Å². The maximum absolute atomic E-state index is 8.69. The number of hydrogen-bond donors (Lipinski definition) is 2. The maximum atomic E-state index is 8.69. The Balaban J connectivity index is 2.20. The largest absolute Gasteiger partial charge is 0.396 e. The third kappa shape index (κ3) is 5.84. The van der Waals surface area contributed by atoms with Gasteiger partial charge in [0.25, 0.3) is 0 Å². The van der Waals surface area contributed by atoms with Crippen LogP contribution in [-0.2, 0) is 13.1 Å². The second-order valence-corrected chi connectivity index (χ2v) is 4.35. The van der Waals surface area contributed by atoms with Crippen molar-refractivity contribution >= 4 is 0 Å². The summed E-state index contributed by atoms with van der Waals surface area (Å²) < 4.78 is 2.22. The number of unbranched alkanes of at least 4 members (excludes halogenated alkanes) is 3. The number of imidazole rings is 1. The summed E-state index contributed by atoms with van der Waals surface area (Å²) in [6.45, 7) is 5.42. The van der Waals surface area contributed by atoms with Gasteiger partial charge in [0.1, 0.15) is 5.82 Å². The first-order valence-corrected chi connectivity index (χ1v) is 6.70. The number of hydrogen-bond acceptors (Lipinski definition) is 3. The van der Waals surface area contributed by atoms with Crippen molar-refractivity contribution in [1.29, 1.82) is 0 Å². The number of aromatic nitrogens is 2. The molecule has 1 rings (SSSR count). The van der Waals surface area contributed by atoms with E-state index in [0.29, 0.717) is 6.61 Å². The number of aliphatic hydroxyl groups excluding tert-OH is 1. The molecule has 17 heavy (non-hydrogen) atoms.